The SMILES string of the molecule is CN1C(=O)CC(NC2CCC2C(=O)O)C1=O. The van der Waals surface area contributed by atoms with Crippen molar-refractivity contribution in [3.63, 3.8) is 0 Å². The summed E-state index contributed by atoms with van der Waals surface area (Å²) in [5, 5.41) is 11.8. The van der Waals surface area contributed by atoms with Crippen LogP contribution in [0.15, 0.2) is 0 Å². The van der Waals surface area contributed by atoms with Gasteiger partial charge in [0.15, 0.2) is 0 Å². The Labute approximate surface area is 92.6 Å². The van der Waals surface area contributed by atoms with Crippen molar-refractivity contribution in [1.29, 1.82) is 0 Å². The maximum Gasteiger partial charge on any atom is 0.308 e. The fourth-order valence-electron chi connectivity index (χ4n) is 2.14. The first kappa shape index (κ1) is 11.1. The Balaban J connectivity index is 1.94. The Morgan fingerprint density at radius 3 is 2.50 bits per heavy atom. The minimum Gasteiger partial charge on any atom is -0.481 e. The van der Waals surface area contributed by atoms with E-state index in [4.69, 9.17) is 5.11 Å². The fraction of sp³-hybridized carbons (Fsp3) is 0.700. The van der Waals surface area contributed by atoms with Crippen LogP contribution in [0.3, 0.4) is 0 Å². The highest BCUT2D eigenvalue weighted by molar-refractivity contribution is 6.05. The number of carbonyl (C=O) groups excluding carboxylic acids is 2. The van der Waals surface area contributed by atoms with Crippen molar-refractivity contribution in [3.05, 3.63) is 0 Å². The molecule has 1 saturated carbocycles. The largest absolute Gasteiger partial charge is 0.481 e. The summed E-state index contributed by atoms with van der Waals surface area (Å²) < 4.78 is 0. The first-order valence-electron chi connectivity index (χ1n) is 5.30. The molecule has 0 bridgehead atoms. The molecule has 6 nitrogen and oxygen atoms in total. The number of rotatable bonds is 3. The summed E-state index contributed by atoms with van der Waals surface area (Å²) in [6.07, 6.45) is 1.52. The quantitative estimate of drug-likeness (QED) is 0.615. The van der Waals surface area contributed by atoms with Crippen LogP contribution in [0.5, 0.6) is 0 Å². The third-order valence-electron chi connectivity index (χ3n) is 3.39. The Hall–Kier alpha value is -1.43. The summed E-state index contributed by atoms with van der Waals surface area (Å²) in [6.45, 7) is 0. The van der Waals surface area contributed by atoms with Gasteiger partial charge in [0, 0.05) is 13.1 Å². The van der Waals surface area contributed by atoms with Crippen molar-refractivity contribution >= 4 is 17.8 Å². The number of amides is 2. The topological polar surface area (TPSA) is 86.7 Å². The van der Waals surface area contributed by atoms with E-state index < -0.39 is 17.9 Å². The standard InChI is InChI=1S/C10H14N2O4/c1-12-8(13)4-7(9(12)14)11-6-3-2-5(6)10(15)16/h5-7,11H,2-4H2,1H3,(H,15,16). The van der Waals surface area contributed by atoms with Gasteiger partial charge in [-0.3, -0.25) is 19.3 Å². The molecule has 0 aromatic heterocycles. The third kappa shape index (κ3) is 1.69. The van der Waals surface area contributed by atoms with E-state index in [-0.39, 0.29) is 24.3 Å². The molecule has 2 aliphatic rings. The van der Waals surface area contributed by atoms with E-state index in [1.165, 1.54) is 7.05 Å². The van der Waals surface area contributed by atoms with Gasteiger partial charge < -0.3 is 10.4 Å². The lowest BCUT2D eigenvalue weighted by Crippen LogP contribution is -2.53. The van der Waals surface area contributed by atoms with E-state index in [9.17, 15) is 14.4 Å². The molecule has 1 aliphatic heterocycles. The molecule has 2 N–H and O–H groups in total. The van der Waals surface area contributed by atoms with Crippen LogP contribution in [0.2, 0.25) is 0 Å². The number of hydrogen-bond donors (Lipinski definition) is 2. The molecule has 2 fully saturated rings. The molecular weight excluding hydrogens is 212 g/mol. The number of nitrogens with zero attached hydrogens (tertiary/aromatic N) is 1. The molecule has 16 heavy (non-hydrogen) atoms. The van der Waals surface area contributed by atoms with Crippen LogP contribution in [0.25, 0.3) is 0 Å². The number of aliphatic carboxylic acids is 1. The summed E-state index contributed by atoms with van der Waals surface area (Å²) in [4.78, 5) is 34.7. The van der Waals surface area contributed by atoms with Crippen molar-refractivity contribution in [2.45, 2.75) is 31.3 Å². The van der Waals surface area contributed by atoms with E-state index in [0.717, 1.165) is 11.3 Å². The highest BCUT2D eigenvalue weighted by Gasteiger charge is 2.42. The average Bonchev–Trinajstić information content (AvgIpc) is 2.40. The summed E-state index contributed by atoms with van der Waals surface area (Å²) in [5.41, 5.74) is 0. The Morgan fingerprint density at radius 2 is 2.12 bits per heavy atom. The molecule has 1 saturated heterocycles. The number of nitrogens with one attached hydrogen (secondary N) is 1. The van der Waals surface area contributed by atoms with Crippen molar-refractivity contribution in [3.8, 4) is 0 Å². The predicted octanol–water partition coefficient (Wildman–Crippen LogP) is -0.803. The van der Waals surface area contributed by atoms with E-state index in [2.05, 4.69) is 5.32 Å². The van der Waals surface area contributed by atoms with Crippen molar-refractivity contribution in [2.24, 2.45) is 5.92 Å². The van der Waals surface area contributed by atoms with Crippen molar-refractivity contribution < 1.29 is 19.5 Å². The zero-order chi connectivity index (χ0) is 11.9. The number of imide groups is 1. The van der Waals surface area contributed by atoms with Gasteiger partial charge in [-0.15, -0.1) is 0 Å². The predicted molar refractivity (Wildman–Crippen MR) is 53.5 cm³/mol. The third-order valence-corrected chi connectivity index (χ3v) is 3.39. The smallest absolute Gasteiger partial charge is 0.308 e. The number of hydrogen-bond acceptors (Lipinski definition) is 4. The van der Waals surface area contributed by atoms with Gasteiger partial charge >= 0.3 is 5.97 Å². The normalized spacial score (nSPS) is 34.1. The van der Waals surface area contributed by atoms with Crippen LogP contribution in [-0.4, -0.2) is 46.9 Å². The molecular formula is C10H14N2O4. The second-order valence-corrected chi connectivity index (χ2v) is 4.34. The first-order valence-corrected chi connectivity index (χ1v) is 5.30. The van der Waals surface area contributed by atoms with Crippen LogP contribution in [0, 0.1) is 5.92 Å². The molecule has 2 amide bonds. The lowest BCUT2D eigenvalue weighted by molar-refractivity contribution is -0.147. The van der Waals surface area contributed by atoms with Gasteiger partial charge in [0.1, 0.15) is 0 Å². The minimum absolute atomic E-state index is 0.137. The number of likely N-dealkylation sites (tertiary alicyclic amines) is 1. The van der Waals surface area contributed by atoms with Crippen LogP contribution in [0.4, 0.5) is 0 Å². The highest BCUT2D eigenvalue weighted by atomic mass is 16.4. The monoisotopic (exact) mass is 226 g/mol. The van der Waals surface area contributed by atoms with Gasteiger partial charge in [0.25, 0.3) is 0 Å². The summed E-state index contributed by atoms with van der Waals surface area (Å²) in [7, 11) is 1.45. The maximum atomic E-state index is 11.6. The molecule has 0 spiro atoms. The highest BCUT2D eigenvalue weighted by Crippen LogP contribution is 2.29. The second kappa shape index (κ2) is 3.86. The second-order valence-electron chi connectivity index (χ2n) is 4.34. The number of carboxylic acid groups (broad SMARTS) is 1. The molecule has 0 aromatic rings. The maximum absolute atomic E-state index is 11.6. The van der Waals surface area contributed by atoms with Crippen LogP contribution < -0.4 is 5.32 Å². The molecule has 88 valence electrons. The zero-order valence-corrected chi connectivity index (χ0v) is 8.97. The zero-order valence-electron chi connectivity index (χ0n) is 8.97. The molecule has 3 unspecified atom stereocenters. The van der Waals surface area contributed by atoms with Crippen LogP contribution in [-0.2, 0) is 14.4 Å². The first-order chi connectivity index (χ1) is 7.50. The molecule has 2 rings (SSSR count). The number of carbonyl (C=O) groups is 3. The van der Waals surface area contributed by atoms with Gasteiger partial charge in [-0.2, -0.15) is 0 Å². The van der Waals surface area contributed by atoms with Gasteiger partial charge in [-0.1, -0.05) is 0 Å². The Kier molecular flexibility index (Phi) is 2.67. The number of carboxylic acids is 1. The number of likely N-dealkylation sites (N-methyl/N-ethyl adjacent to an activating group) is 1. The lowest BCUT2D eigenvalue weighted by Gasteiger charge is -2.35. The molecule has 1 heterocycles. The van der Waals surface area contributed by atoms with Gasteiger partial charge in [0.2, 0.25) is 11.8 Å². The van der Waals surface area contributed by atoms with Crippen LogP contribution in [0.1, 0.15) is 19.3 Å². The molecule has 6 heteroatoms. The Morgan fingerprint density at radius 1 is 1.44 bits per heavy atom. The van der Waals surface area contributed by atoms with Crippen molar-refractivity contribution in [1.82, 2.24) is 10.2 Å². The van der Waals surface area contributed by atoms with E-state index >= 15 is 0 Å². The summed E-state index contributed by atoms with van der Waals surface area (Å²) in [5.74, 6) is -1.74. The summed E-state index contributed by atoms with van der Waals surface area (Å²) in [6, 6.07) is -0.713. The van der Waals surface area contributed by atoms with Gasteiger partial charge in [0.05, 0.1) is 18.4 Å². The van der Waals surface area contributed by atoms with Crippen LogP contribution >= 0.6 is 0 Å². The molecule has 1 aliphatic carbocycles. The van der Waals surface area contributed by atoms with E-state index in [0.29, 0.717) is 6.42 Å². The fourth-order valence-corrected chi connectivity index (χ4v) is 2.14. The molecule has 3 atom stereocenters. The van der Waals surface area contributed by atoms with Gasteiger partial charge in [-0.25, -0.2) is 0 Å². The van der Waals surface area contributed by atoms with E-state index in [1.807, 2.05) is 0 Å². The van der Waals surface area contributed by atoms with Gasteiger partial charge in [-0.05, 0) is 12.8 Å². The average molecular weight is 226 g/mol. The summed E-state index contributed by atoms with van der Waals surface area (Å²) >= 11 is 0. The lowest BCUT2D eigenvalue weighted by atomic mass is 9.79. The minimum atomic E-state index is -0.839. The van der Waals surface area contributed by atoms with E-state index in [1.54, 1.807) is 0 Å². The van der Waals surface area contributed by atoms with Crippen molar-refractivity contribution in [2.75, 3.05) is 7.05 Å². The Bertz CT molecular complexity index is 355. The molecule has 0 radical (unpaired) electrons. The molecule has 0 aromatic carbocycles.